The lowest BCUT2D eigenvalue weighted by atomic mass is 10.1. The minimum absolute atomic E-state index is 0.134. The molecule has 0 saturated carbocycles. The highest BCUT2D eigenvalue weighted by molar-refractivity contribution is 6.06. The number of aromatic nitrogens is 1. The topological polar surface area (TPSA) is 104 Å². The maximum atomic E-state index is 13.0. The van der Waals surface area contributed by atoms with E-state index >= 15 is 0 Å². The van der Waals surface area contributed by atoms with Crippen LogP contribution in [0.5, 0.6) is 5.75 Å². The molecule has 2 aromatic carbocycles. The second-order valence-corrected chi connectivity index (χ2v) is 8.13. The molecule has 1 fully saturated rings. The van der Waals surface area contributed by atoms with E-state index < -0.39 is 5.91 Å². The monoisotopic (exact) mass is 460 g/mol. The second kappa shape index (κ2) is 10.7. The summed E-state index contributed by atoms with van der Waals surface area (Å²) in [5.41, 5.74) is 2.22. The van der Waals surface area contributed by atoms with Crippen molar-refractivity contribution in [3.05, 3.63) is 71.6 Å². The van der Waals surface area contributed by atoms with Crippen LogP contribution < -0.4 is 15.4 Å². The van der Waals surface area contributed by atoms with Crippen LogP contribution in [0.4, 0.5) is 0 Å². The van der Waals surface area contributed by atoms with Gasteiger partial charge in [-0.15, -0.1) is 0 Å². The Balaban J connectivity index is 1.52. The Morgan fingerprint density at radius 3 is 2.74 bits per heavy atom. The summed E-state index contributed by atoms with van der Waals surface area (Å²) >= 11 is 0. The standard InChI is InChI=1S/C26H28N4O4/c1-34-20-10-11-22-21(16-20)19(17-28-22)15-23(29-25(32)18-7-3-2-4-8-18)26(33)27-12-6-14-30-13-5-9-24(30)31/h2-4,7-8,10-11,15-17,28H,5-6,9,12-14H2,1H3,(H,27,33)(H,29,32)/b23-15-. The number of amides is 3. The van der Waals surface area contributed by atoms with Crippen molar-refractivity contribution >= 4 is 34.7 Å². The van der Waals surface area contributed by atoms with E-state index in [1.165, 1.54) is 0 Å². The number of aromatic amines is 1. The van der Waals surface area contributed by atoms with Crippen molar-refractivity contribution in [2.45, 2.75) is 19.3 Å². The fraction of sp³-hybridized carbons (Fsp3) is 0.269. The van der Waals surface area contributed by atoms with Crippen LogP contribution in [-0.2, 0) is 9.59 Å². The van der Waals surface area contributed by atoms with E-state index in [9.17, 15) is 14.4 Å². The van der Waals surface area contributed by atoms with E-state index in [-0.39, 0.29) is 17.5 Å². The molecule has 1 aromatic heterocycles. The van der Waals surface area contributed by atoms with Gasteiger partial charge in [0.05, 0.1) is 7.11 Å². The zero-order valence-electron chi connectivity index (χ0n) is 19.1. The van der Waals surface area contributed by atoms with E-state index in [1.807, 2.05) is 29.2 Å². The Morgan fingerprint density at radius 2 is 2.00 bits per heavy atom. The van der Waals surface area contributed by atoms with Crippen molar-refractivity contribution in [2.24, 2.45) is 0 Å². The van der Waals surface area contributed by atoms with Crippen LogP contribution in [-0.4, -0.2) is 54.3 Å². The summed E-state index contributed by atoms with van der Waals surface area (Å²) in [6, 6.07) is 14.4. The highest BCUT2D eigenvalue weighted by atomic mass is 16.5. The van der Waals surface area contributed by atoms with Crippen LogP contribution in [0.25, 0.3) is 17.0 Å². The molecule has 0 aliphatic carbocycles. The zero-order valence-corrected chi connectivity index (χ0v) is 19.1. The molecule has 0 spiro atoms. The third-order valence-electron chi connectivity index (χ3n) is 5.81. The van der Waals surface area contributed by atoms with Gasteiger partial charge in [0.25, 0.3) is 11.8 Å². The molecule has 4 rings (SSSR count). The Hall–Kier alpha value is -4.07. The number of nitrogens with zero attached hydrogens (tertiary/aromatic N) is 1. The van der Waals surface area contributed by atoms with Crippen LogP contribution in [0.2, 0.25) is 0 Å². The van der Waals surface area contributed by atoms with Crippen LogP contribution in [0, 0.1) is 0 Å². The van der Waals surface area contributed by atoms with E-state index in [0.717, 1.165) is 29.4 Å². The Bertz CT molecular complexity index is 1220. The summed E-state index contributed by atoms with van der Waals surface area (Å²) in [7, 11) is 1.60. The van der Waals surface area contributed by atoms with Crippen molar-refractivity contribution in [3.63, 3.8) is 0 Å². The minimum atomic E-state index is -0.394. The summed E-state index contributed by atoms with van der Waals surface area (Å²) in [5, 5.41) is 6.49. The molecule has 0 radical (unpaired) electrons. The van der Waals surface area contributed by atoms with Gasteiger partial charge >= 0.3 is 0 Å². The fourth-order valence-corrected chi connectivity index (χ4v) is 3.97. The van der Waals surface area contributed by atoms with Gasteiger partial charge < -0.3 is 25.3 Å². The lowest BCUT2D eigenvalue weighted by Crippen LogP contribution is -2.36. The van der Waals surface area contributed by atoms with E-state index in [1.54, 1.807) is 43.6 Å². The average Bonchev–Trinajstić information content (AvgIpc) is 3.46. The van der Waals surface area contributed by atoms with Crippen molar-refractivity contribution in [2.75, 3.05) is 26.7 Å². The summed E-state index contributed by atoms with van der Waals surface area (Å²) in [6.45, 7) is 1.77. The average molecular weight is 461 g/mol. The molecule has 1 aliphatic rings. The number of hydrogen-bond acceptors (Lipinski definition) is 4. The molecule has 8 nitrogen and oxygen atoms in total. The van der Waals surface area contributed by atoms with E-state index in [0.29, 0.717) is 37.2 Å². The Kier molecular flexibility index (Phi) is 7.27. The maximum absolute atomic E-state index is 13.0. The zero-order chi connectivity index (χ0) is 23.9. The fourth-order valence-electron chi connectivity index (χ4n) is 3.97. The molecule has 0 bridgehead atoms. The third kappa shape index (κ3) is 5.46. The number of methoxy groups -OCH3 is 1. The van der Waals surface area contributed by atoms with Gasteiger partial charge in [-0.2, -0.15) is 0 Å². The van der Waals surface area contributed by atoms with Gasteiger partial charge in [0.2, 0.25) is 5.91 Å². The quantitative estimate of drug-likeness (QED) is 0.337. The van der Waals surface area contributed by atoms with E-state index in [2.05, 4.69) is 15.6 Å². The van der Waals surface area contributed by atoms with Crippen LogP contribution in [0.1, 0.15) is 35.2 Å². The molecule has 34 heavy (non-hydrogen) atoms. The van der Waals surface area contributed by atoms with Gasteiger partial charge in [-0.05, 0) is 49.2 Å². The Labute approximate surface area is 198 Å². The smallest absolute Gasteiger partial charge is 0.267 e. The van der Waals surface area contributed by atoms with Crippen LogP contribution in [0.3, 0.4) is 0 Å². The number of likely N-dealkylation sites (tertiary alicyclic amines) is 1. The normalized spacial score (nSPS) is 13.9. The van der Waals surface area contributed by atoms with Crippen molar-refractivity contribution in [1.82, 2.24) is 20.5 Å². The largest absolute Gasteiger partial charge is 0.497 e. The molecule has 3 aromatic rings. The molecule has 1 saturated heterocycles. The number of hydrogen-bond donors (Lipinski definition) is 3. The molecule has 8 heteroatoms. The second-order valence-electron chi connectivity index (χ2n) is 8.13. The number of nitrogens with one attached hydrogen (secondary N) is 3. The first kappa shape index (κ1) is 23.1. The first-order valence-corrected chi connectivity index (χ1v) is 11.3. The molecule has 3 amide bonds. The predicted octanol–water partition coefficient (Wildman–Crippen LogP) is 3.08. The molecule has 1 aliphatic heterocycles. The summed E-state index contributed by atoms with van der Waals surface area (Å²) in [5.74, 6) is 0.0886. The molecular formula is C26H28N4O4. The number of benzene rings is 2. The minimum Gasteiger partial charge on any atom is -0.497 e. The van der Waals surface area contributed by atoms with Gasteiger partial charge in [-0.3, -0.25) is 14.4 Å². The lowest BCUT2D eigenvalue weighted by molar-refractivity contribution is -0.127. The van der Waals surface area contributed by atoms with E-state index in [4.69, 9.17) is 4.74 Å². The van der Waals surface area contributed by atoms with Crippen LogP contribution in [0.15, 0.2) is 60.4 Å². The van der Waals surface area contributed by atoms with Crippen molar-refractivity contribution in [3.8, 4) is 5.75 Å². The predicted molar refractivity (Wildman–Crippen MR) is 130 cm³/mol. The SMILES string of the molecule is COc1ccc2[nH]cc(/C=C(\NC(=O)c3ccccc3)C(=O)NCCCN3CCCC3=O)c2c1. The van der Waals surface area contributed by atoms with Gasteiger partial charge in [-0.1, -0.05) is 18.2 Å². The first-order chi connectivity index (χ1) is 16.5. The lowest BCUT2D eigenvalue weighted by Gasteiger charge is -2.16. The number of H-pyrrole nitrogens is 1. The number of fused-ring (bicyclic) bond motifs is 1. The third-order valence-corrected chi connectivity index (χ3v) is 5.81. The highest BCUT2D eigenvalue weighted by Crippen LogP contribution is 2.25. The van der Waals surface area contributed by atoms with Gasteiger partial charge in [0.15, 0.2) is 0 Å². The molecule has 2 heterocycles. The van der Waals surface area contributed by atoms with Gasteiger partial charge in [0, 0.05) is 54.3 Å². The van der Waals surface area contributed by atoms with Crippen molar-refractivity contribution in [1.29, 1.82) is 0 Å². The number of rotatable bonds is 9. The Morgan fingerprint density at radius 1 is 1.18 bits per heavy atom. The molecule has 176 valence electrons. The summed E-state index contributed by atoms with van der Waals surface area (Å²) in [6.07, 6.45) is 5.56. The van der Waals surface area contributed by atoms with Gasteiger partial charge in [-0.25, -0.2) is 0 Å². The maximum Gasteiger partial charge on any atom is 0.267 e. The first-order valence-electron chi connectivity index (χ1n) is 11.3. The molecular weight excluding hydrogens is 432 g/mol. The van der Waals surface area contributed by atoms with Gasteiger partial charge in [0.1, 0.15) is 11.4 Å². The molecule has 3 N–H and O–H groups in total. The number of carbonyl (C=O) groups excluding carboxylic acids is 3. The summed E-state index contributed by atoms with van der Waals surface area (Å²) < 4.78 is 5.33. The molecule has 0 unspecified atom stereocenters. The highest BCUT2D eigenvalue weighted by Gasteiger charge is 2.20. The van der Waals surface area contributed by atoms with Crippen LogP contribution >= 0.6 is 0 Å². The number of ether oxygens (including phenoxy) is 1. The number of carbonyl (C=O) groups is 3. The van der Waals surface area contributed by atoms with Crippen molar-refractivity contribution < 1.29 is 19.1 Å². The summed E-state index contributed by atoms with van der Waals surface area (Å²) in [4.78, 5) is 42.6. The molecule has 0 atom stereocenters.